The largest absolute Gasteiger partial charge is 0.497 e. The van der Waals surface area contributed by atoms with Crippen LogP contribution in [0.25, 0.3) is 0 Å². The molecule has 6 nitrogen and oxygen atoms in total. The fourth-order valence-corrected chi connectivity index (χ4v) is 4.88. The molecule has 2 fully saturated rings. The van der Waals surface area contributed by atoms with Gasteiger partial charge in [-0.05, 0) is 68.4 Å². The standard InChI is InChI=1S/C26H33N3O3/c1-18-4-3-5-21(14-18)26(31)27-15-25(30)28-22-16-29(17-22)23-10-6-19(7-11-23)20-8-12-24(32-2)13-9-20/h3-5,8-9,12-14,19,22-23H,6-7,10-11,15-17H2,1-2H3,(H,27,31)(H,28,30). The Balaban J connectivity index is 1.14. The lowest BCUT2D eigenvalue weighted by Gasteiger charge is -2.46. The molecule has 170 valence electrons. The van der Waals surface area contributed by atoms with Gasteiger partial charge < -0.3 is 15.4 Å². The van der Waals surface area contributed by atoms with Crippen molar-refractivity contribution in [3.63, 3.8) is 0 Å². The van der Waals surface area contributed by atoms with Crippen LogP contribution in [0.4, 0.5) is 0 Å². The number of hydrogen-bond donors (Lipinski definition) is 2. The summed E-state index contributed by atoms with van der Waals surface area (Å²) in [5.41, 5.74) is 3.01. The summed E-state index contributed by atoms with van der Waals surface area (Å²) in [6, 6.07) is 16.6. The third-order valence-corrected chi connectivity index (χ3v) is 6.76. The zero-order chi connectivity index (χ0) is 22.5. The van der Waals surface area contributed by atoms with Gasteiger partial charge in [0.05, 0.1) is 19.7 Å². The molecule has 1 saturated heterocycles. The first kappa shape index (κ1) is 22.3. The second-order valence-electron chi connectivity index (χ2n) is 9.05. The van der Waals surface area contributed by atoms with Crippen molar-refractivity contribution in [3.8, 4) is 5.75 Å². The fraction of sp³-hybridized carbons (Fsp3) is 0.462. The molecule has 32 heavy (non-hydrogen) atoms. The van der Waals surface area contributed by atoms with Crippen LogP contribution < -0.4 is 15.4 Å². The smallest absolute Gasteiger partial charge is 0.251 e. The molecular formula is C26H33N3O3. The van der Waals surface area contributed by atoms with E-state index in [0.717, 1.165) is 24.4 Å². The summed E-state index contributed by atoms with van der Waals surface area (Å²) in [6.07, 6.45) is 4.80. The number of rotatable bonds is 7. The van der Waals surface area contributed by atoms with Gasteiger partial charge in [-0.3, -0.25) is 14.5 Å². The summed E-state index contributed by atoms with van der Waals surface area (Å²) in [6.45, 7) is 3.75. The topological polar surface area (TPSA) is 70.7 Å². The summed E-state index contributed by atoms with van der Waals surface area (Å²) >= 11 is 0. The highest BCUT2D eigenvalue weighted by molar-refractivity contribution is 5.96. The van der Waals surface area contributed by atoms with Crippen molar-refractivity contribution >= 4 is 11.8 Å². The summed E-state index contributed by atoms with van der Waals surface area (Å²) < 4.78 is 5.26. The van der Waals surface area contributed by atoms with E-state index < -0.39 is 0 Å². The SMILES string of the molecule is COc1ccc(C2CCC(N3CC(NC(=O)CNC(=O)c4cccc(C)c4)C3)CC2)cc1. The van der Waals surface area contributed by atoms with Crippen molar-refractivity contribution in [2.45, 2.75) is 50.6 Å². The van der Waals surface area contributed by atoms with Crippen molar-refractivity contribution in [3.05, 3.63) is 65.2 Å². The fourth-order valence-electron chi connectivity index (χ4n) is 4.88. The molecule has 2 N–H and O–H groups in total. The quantitative estimate of drug-likeness (QED) is 0.700. The average Bonchev–Trinajstić information content (AvgIpc) is 2.80. The molecule has 0 bridgehead atoms. The number of nitrogens with one attached hydrogen (secondary N) is 2. The van der Waals surface area contributed by atoms with Gasteiger partial charge in [-0.15, -0.1) is 0 Å². The number of carbonyl (C=O) groups excluding carboxylic acids is 2. The second-order valence-corrected chi connectivity index (χ2v) is 9.05. The first-order valence-electron chi connectivity index (χ1n) is 11.5. The molecule has 6 heteroatoms. The number of methoxy groups -OCH3 is 1. The summed E-state index contributed by atoms with van der Waals surface area (Å²) in [4.78, 5) is 26.9. The number of likely N-dealkylation sites (tertiary alicyclic amines) is 1. The molecule has 0 aromatic heterocycles. The normalized spacial score (nSPS) is 21.4. The van der Waals surface area contributed by atoms with Crippen LogP contribution in [0.5, 0.6) is 5.75 Å². The minimum Gasteiger partial charge on any atom is -0.497 e. The van der Waals surface area contributed by atoms with Crippen LogP contribution in [0.3, 0.4) is 0 Å². The van der Waals surface area contributed by atoms with Gasteiger partial charge in [-0.1, -0.05) is 29.8 Å². The zero-order valence-corrected chi connectivity index (χ0v) is 19.0. The Morgan fingerprint density at radius 1 is 1.03 bits per heavy atom. The number of hydrogen-bond acceptors (Lipinski definition) is 4. The number of amides is 2. The molecule has 2 aromatic carbocycles. The minimum absolute atomic E-state index is 0.0102. The maximum absolute atomic E-state index is 12.2. The predicted octanol–water partition coefficient (Wildman–Crippen LogP) is 3.26. The highest BCUT2D eigenvalue weighted by atomic mass is 16.5. The molecule has 2 amide bonds. The Labute approximate surface area is 190 Å². The number of aryl methyl sites for hydroxylation is 1. The number of carbonyl (C=O) groups is 2. The van der Waals surface area contributed by atoms with E-state index in [-0.39, 0.29) is 24.4 Å². The Morgan fingerprint density at radius 3 is 2.41 bits per heavy atom. The predicted molar refractivity (Wildman–Crippen MR) is 125 cm³/mol. The summed E-state index contributed by atoms with van der Waals surface area (Å²) in [5.74, 6) is 1.20. The van der Waals surface area contributed by atoms with E-state index in [1.54, 1.807) is 13.2 Å². The maximum atomic E-state index is 12.2. The zero-order valence-electron chi connectivity index (χ0n) is 19.0. The van der Waals surface area contributed by atoms with Crippen LogP contribution in [0.15, 0.2) is 48.5 Å². The molecule has 0 unspecified atom stereocenters. The monoisotopic (exact) mass is 435 g/mol. The van der Waals surface area contributed by atoms with Crippen molar-refractivity contribution < 1.29 is 14.3 Å². The van der Waals surface area contributed by atoms with Gasteiger partial charge in [-0.2, -0.15) is 0 Å². The molecule has 0 spiro atoms. The lowest BCUT2D eigenvalue weighted by Crippen LogP contribution is -2.63. The second kappa shape index (κ2) is 10.2. The van der Waals surface area contributed by atoms with Gasteiger partial charge in [0.1, 0.15) is 5.75 Å². The third kappa shape index (κ3) is 5.49. The van der Waals surface area contributed by atoms with Crippen LogP contribution in [-0.2, 0) is 4.79 Å². The molecule has 2 aliphatic rings. The van der Waals surface area contributed by atoms with Gasteiger partial charge in [0.25, 0.3) is 5.91 Å². The lowest BCUT2D eigenvalue weighted by molar-refractivity contribution is -0.122. The van der Waals surface area contributed by atoms with Crippen molar-refractivity contribution in [1.29, 1.82) is 0 Å². The first-order chi connectivity index (χ1) is 15.5. The van der Waals surface area contributed by atoms with Gasteiger partial charge >= 0.3 is 0 Å². The third-order valence-electron chi connectivity index (χ3n) is 6.76. The molecular weight excluding hydrogens is 402 g/mol. The van der Waals surface area contributed by atoms with E-state index in [1.165, 1.54) is 31.2 Å². The minimum atomic E-state index is -0.215. The molecule has 1 heterocycles. The molecule has 1 saturated carbocycles. The highest BCUT2D eigenvalue weighted by Gasteiger charge is 2.35. The van der Waals surface area contributed by atoms with Crippen molar-refractivity contribution in [1.82, 2.24) is 15.5 Å². The van der Waals surface area contributed by atoms with Crippen molar-refractivity contribution in [2.24, 2.45) is 0 Å². The molecule has 1 aliphatic heterocycles. The van der Waals surface area contributed by atoms with Crippen LogP contribution >= 0.6 is 0 Å². The molecule has 2 aromatic rings. The average molecular weight is 436 g/mol. The van der Waals surface area contributed by atoms with Crippen LogP contribution in [-0.4, -0.2) is 55.5 Å². The van der Waals surface area contributed by atoms with E-state index in [2.05, 4.69) is 27.7 Å². The van der Waals surface area contributed by atoms with Crippen LogP contribution in [0.1, 0.15) is 53.1 Å². The Bertz CT molecular complexity index is 930. The maximum Gasteiger partial charge on any atom is 0.251 e. The molecule has 0 radical (unpaired) electrons. The summed E-state index contributed by atoms with van der Waals surface area (Å²) in [5, 5.41) is 5.75. The number of benzene rings is 2. The Morgan fingerprint density at radius 2 is 1.75 bits per heavy atom. The van der Waals surface area contributed by atoms with E-state index >= 15 is 0 Å². The van der Waals surface area contributed by atoms with Gasteiger partial charge in [-0.25, -0.2) is 0 Å². The van der Waals surface area contributed by atoms with Gasteiger partial charge in [0.2, 0.25) is 5.91 Å². The molecule has 1 aliphatic carbocycles. The van der Waals surface area contributed by atoms with Crippen LogP contribution in [0, 0.1) is 6.92 Å². The number of ether oxygens (including phenoxy) is 1. The lowest BCUT2D eigenvalue weighted by atomic mass is 9.80. The highest BCUT2D eigenvalue weighted by Crippen LogP contribution is 2.36. The summed E-state index contributed by atoms with van der Waals surface area (Å²) in [7, 11) is 1.70. The van der Waals surface area contributed by atoms with Crippen molar-refractivity contribution in [2.75, 3.05) is 26.7 Å². The Hall–Kier alpha value is -2.86. The Kier molecular flexibility index (Phi) is 7.10. The van der Waals surface area contributed by atoms with E-state index in [1.807, 2.05) is 37.3 Å². The van der Waals surface area contributed by atoms with E-state index in [9.17, 15) is 9.59 Å². The first-order valence-corrected chi connectivity index (χ1v) is 11.5. The molecule has 4 rings (SSSR count). The van der Waals surface area contributed by atoms with E-state index in [4.69, 9.17) is 4.74 Å². The van der Waals surface area contributed by atoms with E-state index in [0.29, 0.717) is 17.5 Å². The molecule has 0 atom stereocenters. The van der Waals surface area contributed by atoms with Gasteiger partial charge in [0.15, 0.2) is 0 Å². The number of nitrogens with zero attached hydrogens (tertiary/aromatic N) is 1. The van der Waals surface area contributed by atoms with Gasteiger partial charge in [0, 0.05) is 24.7 Å². The van der Waals surface area contributed by atoms with Crippen LogP contribution in [0.2, 0.25) is 0 Å².